The van der Waals surface area contributed by atoms with Crippen LogP contribution in [-0.4, -0.2) is 37.1 Å². The van der Waals surface area contributed by atoms with E-state index < -0.39 is 0 Å². The average Bonchev–Trinajstić information content (AvgIpc) is 2.41. The number of hydrogen-bond acceptors (Lipinski definition) is 2. The Bertz CT molecular complexity index is 232. The zero-order valence-electron chi connectivity index (χ0n) is 14.5. The summed E-state index contributed by atoms with van der Waals surface area (Å²) in [5.74, 6) is 0. The van der Waals surface area contributed by atoms with Crippen molar-refractivity contribution in [2.75, 3.05) is 26.2 Å². The first-order chi connectivity index (χ1) is 9.54. The van der Waals surface area contributed by atoms with Gasteiger partial charge in [-0.3, -0.25) is 0 Å². The van der Waals surface area contributed by atoms with E-state index in [1.807, 2.05) is 0 Å². The summed E-state index contributed by atoms with van der Waals surface area (Å²) in [6, 6.07) is 0.658. The molecule has 1 heterocycles. The smallest absolute Gasteiger partial charge is 0.0244 e. The lowest BCUT2D eigenvalue weighted by atomic mass is 9.85. The van der Waals surface area contributed by atoms with Gasteiger partial charge in [0.2, 0.25) is 0 Å². The topological polar surface area (TPSA) is 15.3 Å². The van der Waals surface area contributed by atoms with E-state index in [0.29, 0.717) is 11.5 Å². The van der Waals surface area contributed by atoms with E-state index in [4.69, 9.17) is 0 Å². The zero-order valence-corrected chi connectivity index (χ0v) is 14.5. The molecule has 0 bridgehead atoms. The molecule has 2 nitrogen and oxygen atoms in total. The minimum atomic E-state index is 0.387. The van der Waals surface area contributed by atoms with Gasteiger partial charge in [0.05, 0.1) is 0 Å². The third-order valence-electron chi connectivity index (χ3n) is 4.63. The van der Waals surface area contributed by atoms with Crippen LogP contribution in [-0.2, 0) is 0 Å². The summed E-state index contributed by atoms with van der Waals surface area (Å²) in [5, 5.41) is 3.68. The van der Waals surface area contributed by atoms with Crippen molar-refractivity contribution in [3.63, 3.8) is 0 Å². The van der Waals surface area contributed by atoms with E-state index in [2.05, 4.69) is 37.9 Å². The largest absolute Gasteiger partial charge is 0.311 e. The predicted octanol–water partition coefficient (Wildman–Crippen LogP) is 4.45. The van der Waals surface area contributed by atoms with Gasteiger partial charge in [0.1, 0.15) is 0 Å². The number of nitrogens with zero attached hydrogens (tertiary/aromatic N) is 1. The lowest BCUT2D eigenvalue weighted by Gasteiger charge is -2.40. The van der Waals surface area contributed by atoms with Crippen LogP contribution in [0.25, 0.3) is 0 Å². The van der Waals surface area contributed by atoms with Gasteiger partial charge in [-0.1, -0.05) is 72.6 Å². The Kier molecular flexibility index (Phi) is 8.79. The van der Waals surface area contributed by atoms with Crippen molar-refractivity contribution >= 4 is 0 Å². The van der Waals surface area contributed by atoms with Crippen LogP contribution >= 0.6 is 0 Å². The summed E-state index contributed by atoms with van der Waals surface area (Å²) >= 11 is 0. The number of rotatable bonds is 9. The van der Waals surface area contributed by atoms with Crippen LogP contribution in [0.3, 0.4) is 0 Å². The van der Waals surface area contributed by atoms with Gasteiger partial charge in [-0.05, 0) is 18.4 Å². The van der Waals surface area contributed by atoms with E-state index >= 15 is 0 Å². The number of unbranched alkanes of at least 4 members (excludes halogenated alkanes) is 7. The molecule has 0 radical (unpaired) electrons. The first kappa shape index (κ1) is 18.0. The van der Waals surface area contributed by atoms with Gasteiger partial charge in [-0.25, -0.2) is 0 Å². The van der Waals surface area contributed by atoms with Crippen LogP contribution in [0, 0.1) is 5.41 Å². The lowest BCUT2D eigenvalue weighted by Crippen LogP contribution is -2.55. The summed E-state index contributed by atoms with van der Waals surface area (Å²) in [4.78, 5) is 2.67. The van der Waals surface area contributed by atoms with Crippen molar-refractivity contribution in [2.24, 2.45) is 5.41 Å². The second kappa shape index (κ2) is 9.78. The van der Waals surface area contributed by atoms with Crippen LogP contribution in [0.2, 0.25) is 0 Å². The van der Waals surface area contributed by atoms with Crippen LogP contribution in [0.4, 0.5) is 0 Å². The van der Waals surface area contributed by atoms with E-state index in [9.17, 15) is 0 Å². The second-order valence-corrected chi connectivity index (χ2v) is 7.65. The van der Waals surface area contributed by atoms with Crippen LogP contribution < -0.4 is 5.32 Å². The molecular weight excluding hydrogens is 244 g/mol. The normalized spacial score (nSPS) is 21.3. The first-order valence-electron chi connectivity index (χ1n) is 8.99. The van der Waals surface area contributed by atoms with Gasteiger partial charge in [-0.15, -0.1) is 0 Å². The highest BCUT2D eigenvalue weighted by atomic mass is 15.2. The molecule has 1 rings (SSSR count). The van der Waals surface area contributed by atoms with Gasteiger partial charge in [0.15, 0.2) is 0 Å². The highest BCUT2D eigenvalue weighted by Gasteiger charge is 2.28. The van der Waals surface area contributed by atoms with Gasteiger partial charge in [0, 0.05) is 25.7 Å². The van der Waals surface area contributed by atoms with Crippen molar-refractivity contribution in [3.05, 3.63) is 0 Å². The Balaban J connectivity index is 2.01. The molecule has 0 amide bonds. The predicted molar refractivity (Wildman–Crippen MR) is 90.3 cm³/mol. The highest BCUT2D eigenvalue weighted by molar-refractivity contribution is 4.87. The molecule has 1 unspecified atom stereocenters. The molecule has 20 heavy (non-hydrogen) atoms. The monoisotopic (exact) mass is 282 g/mol. The molecule has 1 aliphatic rings. The highest BCUT2D eigenvalue weighted by Crippen LogP contribution is 2.22. The minimum Gasteiger partial charge on any atom is -0.311 e. The maximum absolute atomic E-state index is 3.68. The average molecular weight is 283 g/mol. The van der Waals surface area contributed by atoms with E-state index in [-0.39, 0.29) is 0 Å². The van der Waals surface area contributed by atoms with Crippen LogP contribution in [0.5, 0.6) is 0 Å². The second-order valence-electron chi connectivity index (χ2n) is 7.65. The van der Waals surface area contributed by atoms with Crippen molar-refractivity contribution < 1.29 is 0 Å². The van der Waals surface area contributed by atoms with Crippen LogP contribution in [0.15, 0.2) is 0 Å². The molecule has 1 fully saturated rings. The standard InChI is InChI=1S/C18H38N2/c1-5-6-7-8-9-10-11-12-14-20-15-13-19-17(16-20)18(2,3)4/h17,19H,5-16H2,1-4H3. The Hall–Kier alpha value is -0.0800. The summed E-state index contributed by atoms with van der Waals surface area (Å²) < 4.78 is 0. The molecule has 120 valence electrons. The lowest BCUT2D eigenvalue weighted by molar-refractivity contribution is 0.132. The van der Waals surface area contributed by atoms with E-state index in [1.165, 1.54) is 77.5 Å². The van der Waals surface area contributed by atoms with Gasteiger partial charge >= 0.3 is 0 Å². The molecular formula is C18H38N2. The Morgan fingerprint density at radius 3 is 2.15 bits per heavy atom. The molecule has 0 aromatic rings. The van der Waals surface area contributed by atoms with Gasteiger partial charge in [-0.2, -0.15) is 0 Å². The van der Waals surface area contributed by atoms with Crippen molar-refractivity contribution in [2.45, 2.75) is 85.1 Å². The number of nitrogens with one attached hydrogen (secondary N) is 1. The molecule has 1 atom stereocenters. The van der Waals surface area contributed by atoms with E-state index in [0.717, 1.165) is 0 Å². The van der Waals surface area contributed by atoms with Crippen molar-refractivity contribution in [3.8, 4) is 0 Å². The zero-order chi connectivity index (χ0) is 14.8. The van der Waals surface area contributed by atoms with E-state index in [1.54, 1.807) is 0 Å². The van der Waals surface area contributed by atoms with Gasteiger partial charge < -0.3 is 10.2 Å². The fraction of sp³-hybridized carbons (Fsp3) is 1.00. The summed E-state index contributed by atoms with van der Waals surface area (Å²) in [6.07, 6.45) is 11.4. The van der Waals surface area contributed by atoms with Crippen molar-refractivity contribution in [1.29, 1.82) is 0 Å². The maximum atomic E-state index is 3.68. The maximum Gasteiger partial charge on any atom is 0.0244 e. The molecule has 0 aliphatic carbocycles. The Morgan fingerprint density at radius 1 is 0.950 bits per heavy atom. The summed E-state index contributed by atoms with van der Waals surface area (Å²) in [6.45, 7) is 14.3. The molecule has 1 saturated heterocycles. The van der Waals surface area contributed by atoms with Crippen LogP contribution in [0.1, 0.15) is 79.1 Å². The molecule has 1 N–H and O–H groups in total. The molecule has 0 aromatic heterocycles. The molecule has 0 saturated carbocycles. The van der Waals surface area contributed by atoms with Gasteiger partial charge in [0.25, 0.3) is 0 Å². The quantitative estimate of drug-likeness (QED) is 0.629. The summed E-state index contributed by atoms with van der Waals surface area (Å²) in [5.41, 5.74) is 0.387. The third kappa shape index (κ3) is 7.64. The molecule has 0 spiro atoms. The SMILES string of the molecule is CCCCCCCCCCN1CCNC(C(C)(C)C)C1. The Labute approximate surface area is 127 Å². The molecule has 1 aliphatic heterocycles. The summed E-state index contributed by atoms with van der Waals surface area (Å²) in [7, 11) is 0. The number of hydrogen-bond donors (Lipinski definition) is 1. The minimum absolute atomic E-state index is 0.387. The fourth-order valence-corrected chi connectivity index (χ4v) is 3.06. The third-order valence-corrected chi connectivity index (χ3v) is 4.63. The van der Waals surface area contributed by atoms with Crippen molar-refractivity contribution in [1.82, 2.24) is 10.2 Å². The first-order valence-corrected chi connectivity index (χ1v) is 8.99. The molecule has 2 heteroatoms. The fourth-order valence-electron chi connectivity index (χ4n) is 3.06. The number of piperazine rings is 1. The Morgan fingerprint density at radius 2 is 1.55 bits per heavy atom. The molecule has 0 aromatic carbocycles.